The van der Waals surface area contributed by atoms with E-state index in [0.717, 1.165) is 5.69 Å². The summed E-state index contributed by atoms with van der Waals surface area (Å²) in [5.41, 5.74) is 0.773. The fourth-order valence-electron chi connectivity index (χ4n) is 1.34. The Hall–Kier alpha value is -1.71. The van der Waals surface area contributed by atoms with Gasteiger partial charge in [0.15, 0.2) is 5.75 Å². The number of rotatable bonds is 1. The molecular weight excluding hydrogens is 168 g/mol. The van der Waals surface area contributed by atoms with Gasteiger partial charge in [0.05, 0.1) is 0 Å². The quantitative estimate of drug-likeness (QED) is 0.691. The summed E-state index contributed by atoms with van der Waals surface area (Å²) in [5, 5.41) is 13.5. The van der Waals surface area contributed by atoms with Gasteiger partial charge in [-0.25, -0.2) is 4.79 Å². The molecule has 4 nitrogen and oxygen atoms in total. The topological polar surface area (TPSA) is 52.2 Å². The Bertz CT molecular complexity index is 321. The summed E-state index contributed by atoms with van der Waals surface area (Å²) in [6, 6.07) is 6.14. The van der Waals surface area contributed by atoms with Crippen LogP contribution < -0.4 is 10.2 Å². The van der Waals surface area contributed by atoms with Crippen LogP contribution in [0.25, 0.3) is 0 Å². The maximum absolute atomic E-state index is 11.2. The van der Waals surface area contributed by atoms with Crippen molar-refractivity contribution < 1.29 is 9.90 Å². The van der Waals surface area contributed by atoms with Gasteiger partial charge in [-0.2, -0.15) is 0 Å². The van der Waals surface area contributed by atoms with Crippen LogP contribution >= 0.6 is 0 Å². The standard InChI is InChI=1S/C9H9N2O2/c12-8-3-1-7(2-4-8)11-6-5-10-9(11)13/h1-4H,5-6H2,(H,10,13). The molecular formula is C9H9N2O2. The number of hydrogen-bond acceptors (Lipinski definition) is 1. The average Bonchev–Trinajstić information content (AvgIpc) is 2.53. The Morgan fingerprint density at radius 1 is 1.23 bits per heavy atom. The van der Waals surface area contributed by atoms with Gasteiger partial charge < -0.3 is 5.32 Å². The first-order valence-corrected chi connectivity index (χ1v) is 4.10. The average molecular weight is 177 g/mol. The van der Waals surface area contributed by atoms with Crippen molar-refractivity contribution in [2.24, 2.45) is 0 Å². The summed E-state index contributed by atoms with van der Waals surface area (Å²) >= 11 is 0. The van der Waals surface area contributed by atoms with Crippen LogP contribution in [0.3, 0.4) is 0 Å². The summed E-state index contributed by atoms with van der Waals surface area (Å²) in [6.45, 7) is 1.33. The first-order chi connectivity index (χ1) is 6.27. The van der Waals surface area contributed by atoms with Crippen LogP contribution in [0.1, 0.15) is 0 Å². The summed E-state index contributed by atoms with van der Waals surface area (Å²) in [4.78, 5) is 12.8. The minimum atomic E-state index is -0.0985. The second kappa shape index (κ2) is 2.97. The number of nitrogens with zero attached hydrogens (tertiary/aromatic N) is 1. The Morgan fingerprint density at radius 3 is 2.46 bits per heavy atom. The van der Waals surface area contributed by atoms with Crippen LogP contribution in [-0.4, -0.2) is 19.1 Å². The van der Waals surface area contributed by atoms with Crippen molar-refractivity contribution in [2.75, 3.05) is 18.0 Å². The van der Waals surface area contributed by atoms with Crippen LogP contribution in [-0.2, 0) is 5.11 Å². The molecule has 0 atom stereocenters. The van der Waals surface area contributed by atoms with E-state index < -0.39 is 0 Å². The van der Waals surface area contributed by atoms with Gasteiger partial charge >= 0.3 is 6.03 Å². The molecule has 1 aliphatic rings. The van der Waals surface area contributed by atoms with Gasteiger partial charge in [-0.3, -0.25) is 10.0 Å². The Morgan fingerprint density at radius 2 is 1.92 bits per heavy atom. The zero-order valence-electron chi connectivity index (χ0n) is 6.99. The molecule has 2 rings (SSSR count). The number of nitrogens with one attached hydrogen (secondary N) is 1. The van der Waals surface area contributed by atoms with E-state index >= 15 is 0 Å². The predicted molar refractivity (Wildman–Crippen MR) is 47.3 cm³/mol. The highest BCUT2D eigenvalue weighted by Gasteiger charge is 2.20. The molecule has 1 radical (unpaired) electrons. The summed E-state index contributed by atoms with van der Waals surface area (Å²) in [5.74, 6) is -0.0386. The number of carbonyl (C=O) groups is 1. The van der Waals surface area contributed by atoms with Gasteiger partial charge in [-0.15, -0.1) is 0 Å². The lowest BCUT2D eigenvalue weighted by molar-refractivity contribution is 0.252. The van der Waals surface area contributed by atoms with E-state index in [1.165, 1.54) is 12.1 Å². The summed E-state index contributed by atoms with van der Waals surface area (Å²) < 4.78 is 0. The van der Waals surface area contributed by atoms with E-state index in [4.69, 9.17) is 0 Å². The predicted octanol–water partition coefficient (Wildman–Crippen LogP) is 1.36. The first-order valence-electron chi connectivity index (χ1n) is 4.10. The van der Waals surface area contributed by atoms with Gasteiger partial charge in [0.1, 0.15) is 0 Å². The molecule has 0 aromatic heterocycles. The third-order valence-corrected chi connectivity index (χ3v) is 2.01. The molecule has 1 aromatic carbocycles. The van der Waals surface area contributed by atoms with E-state index in [9.17, 15) is 9.90 Å². The lowest BCUT2D eigenvalue weighted by Crippen LogP contribution is -2.27. The highest BCUT2D eigenvalue weighted by atomic mass is 16.3. The van der Waals surface area contributed by atoms with Gasteiger partial charge in [0, 0.05) is 18.8 Å². The molecule has 1 heterocycles. The van der Waals surface area contributed by atoms with Gasteiger partial charge in [-0.1, -0.05) is 0 Å². The first kappa shape index (κ1) is 7.91. The van der Waals surface area contributed by atoms with Gasteiger partial charge in [0.25, 0.3) is 0 Å². The maximum Gasteiger partial charge on any atom is 0.321 e. The molecule has 2 amide bonds. The molecule has 0 bridgehead atoms. The van der Waals surface area contributed by atoms with E-state index in [-0.39, 0.29) is 11.8 Å². The van der Waals surface area contributed by atoms with Crippen LogP contribution in [0, 0.1) is 0 Å². The maximum atomic E-state index is 11.2. The molecule has 1 N–H and O–H groups in total. The monoisotopic (exact) mass is 177 g/mol. The normalized spacial score (nSPS) is 16.0. The molecule has 1 fully saturated rings. The molecule has 4 heteroatoms. The van der Waals surface area contributed by atoms with Crippen molar-refractivity contribution in [1.29, 1.82) is 0 Å². The molecule has 0 unspecified atom stereocenters. The molecule has 67 valence electrons. The minimum absolute atomic E-state index is 0.0386. The van der Waals surface area contributed by atoms with Crippen molar-refractivity contribution in [3.05, 3.63) is 24.3 Å². The third-order valence-electron chi connectivity index (χ3n) is 2.01. The zero-order chi connectivity index (χ0) is 9.26. The fourth-order valence-corrected chi connectivity index (χ4v) is 1.34. The van der Waals surface area contributed by atoms with Crippen LogP contribution in [0.4, 0.5) is 10.5 Å². The SMILES string of the molecule is [O]c1ccc(N2CCNC2=O)cc1. The molecule has 0 aliphatic carbocycles. The van der Waals surface area contributed by atoms with Crippen LogP contribution in [0.15, 0.2) is 24.3 Å². The Kier molecular flexibility index (Phi) is 1.81. The number of urea groups is 1. The molecule has 1 aliphatic heterocycles. The van der Waals surface area contributed by atoms with E-state index in [0.29, 0.717) is 13.1 Å². The van der Waals surface area contributed by atoms with Gasteiger partial charge in [-0.05, 0) is 24.3 Å². The molecule has 0 saturated carbocycles. The molecule has 13 heavy (non-hydrogen) atoms. The minimum Gasteiger partial charge on any atom is -0.336 e. The van der Waals surface area contributed by atoms with E-state index in [1.54, 1.807) is 17.0 Å². The van der Waals surface area contributed by atoms with Crippen LogP contribution in [0.5, 0.6) is 5.75 Å². The highest BCUT2D eigenvalue weighted by molar-refractivity contribution is 5.94. The highest BCUT2D eigenvalue weighted by Crippen LogP contribution is 2.19. The number of carbonyl (C=O) groups excluding carboxylic acids is 1. The number of hydrogen-bond donors (Lipinski definition) is 1. The van der Waals surface area contributed by atoms with Gasteiger partial charge in [0.2, 0.25) is 0 Å². The largest absolute Gasteiger partial charge is 0.336 e. The lowest BCUT2D eigenvalue weighted by Gasteiger charge is -2.13. The van der Waals surface area contributed by atoms with Crippen molar-refractivity contribution in [2.45, 2.75) is 0 Å². The smallest absolute Gasteiger partial charge is 0.321 e. The number of amides is 2. The van der Waals surface area contributed by atoms with E-state index in [1.807, 2.05) is 0 Å². The van der Waals surface area contributed by atoms with Crippen LogP contribution in [0.2, 0.25) is 0 Å². The lowest BCUT2D eigenvalue weighted by atomic mass is 10.3. The second-order valence-corrected chi connectivity index (χ2v) is 2.88. The Balaban J connectivity index is 2.25. The zero-order valence-corrected chi connectivity index (χ0v) is 6.99. The van der Waals surface area contributed by atoms with Crippen molar-refractivity contribution in [3.63, 3.8) is 0 Å². The molecule has 1 saturated heterocycles. The van der Waals surface area contributed by atoms with Crippen molar-refractivity contribution in [1.82, 2.24) is 5.32 Å². The number of benzene rings is 1. The second-order valence-electron chi connectivity index (χ2n) is 2.88. The third kappa shape index (κ3) is 1.42. The molecule has 1 aromatic rings. The van der Waals surface area contributed by atoms with Crippen molar-refractivity contribution >= 4 is 11.7 Å². The number of anilines is 1. The van der Waals surface area contributed by atoms with Crippen molar-refractivity contribution in [3.8, 4) is 5.75 Å². The van der Waals surface area contributed by atoms with E-state index in [2.05, 4.69) is 5.32 Å². The fraction of sp³-hybridized carbons (Fsp3) is 0.222. The summed E-state index contributed by atoms with van der Waals surface area (Å²) in [7, 11) is 0. The molecule has 0 spiro atoms. The Labute approximate surface area is 75.8 Å². The summed E-state index contributed by atoms with van der Waals surface area (Å²) in [6.07, 6.45) is 0.